The van der Waals surface area contributed by atoms with E-state index in [2.05, 4.69) is 289 Å². The highest BCUT2D eigenvalue weighted by Crippen LogP contribution is 2.62. The van der Waals surface area contributed by atoms with Crippen molar-refractivity contribution in [3.63, 3.8) is 0 Å². The van der Waals surface area contributed by atoms with Crippen LogP contribution in [-0.4, -0.2) is 0 Å². The van der Waals surface area contributed by atoms with Crippen molar-refractivity contribution < 1.29 is 4.74 Å². The lowest BCUT2D eigenvalue weighted by Crippen LogP contribution is -2.32. The van der Waals surface area contributed by atoms with E-state index in [1.54, 1.807) is 0 Å². The average molecular weight is 919 g/mol. The smallest absolute Gasteiger partial charge is 0.132 e. The van der Waals surface area contributed by atoms with Gasteiger partial charge >= 0.3 is 0 Å². The van der Waals surface area contributed by atoms with Gasteiger partial charge in [0.05, 0.1) is 5.41 Å². The molecule has 0 amide bonds. The Balaban J connectivity index is 0.906. The standard InChI is InChI=1S/C69H46N2O/c1-3-23-55(24-4-1)70(59-37-33-47-17-7-9-19-49(47)41-59)57-27-15-21-51(43-57)53-35-39-65-67(45-53)72-68-46-54(36-40-66(68)69(65)63-31-13-11-29-61(63)62-30-12-14-32-64(62)69)52-22-16-28-58(44-52)71(56-25-5-2-6-26-56)60-38-34-48-18-8-10-20-50(48)42-60/h1-46H. The average Bonchev–Trinajstić information content (AvgIpc) is 3.74. The first-order valence-electron chi connectivity index (χ1n) is 24.7. The summed E-state index contributed by atoms with van der Waals surface area (Å²) in [6, 6.07) is 101. The van der Waals surface area contributed by atoms with E-state index in [4.69, 9.17) is 4.74 Å². The molecule has 0 saturated carbocycles. The Morgan fingerprint density at radius 1 is 0.236 bits per heavy atom. The number of nitrogens with zero attached hydrogens (tertiary/aromatic N) is 2. The summed E-state index contributed by atoms with van der Waals surface area (Å²) in [6.45, 7) is 0. The van der Waals surface area contributed by atoms with Gasteiger partial charge in [-0.05, 0) is 151 Å². The number of rotatable bonds is 8. The van der Waals surface area contributed by atoms with Crippen LogP contribution in [0.3, 0.4) is 0 Å². The van der Waals surface area contributed by atoms with E-state index < -0.39 is 5.41 Å². The minimum Gasteiger partial charge on any atom is -0.457 e. The molecule has 1 aliphatic heterocycles. The Kier molecular flexibility index (Phi) is 9.75. The summed E-state index contributed by atoms with van der Waals surface area (Å²) in [5, 5.41) is 4.84. The van der Waals surface area contributed by atoms with Crippen LogP contribution in [-0.2, 0) is 5.41 Å². The van der Waals surface area contributed by atoms with E-state index in [1.807, 2.05) is 0 Å². The van der Waals surface area contributed by atoms with Gasteiger partial charge < -0.3 is 14.5 Å². The van der Waals surface area contributed by atoms with Gasteiger partial charge in [-0.1, -0.05) is 194 Å². The van der Waals surface area contributed by atoms with Gasteiger partial charge in [0.2, 0.25) is 0 Å². The molecule has 72 heavy (non-hydrogen) atoms. The van der Waals surface area contributed by atoms with E-state index in [0.29, 0.717) is 0 Å². The molecule has 14 rings (SSSR count). The summed E-state index contributed by atoms with van der Waals surface area (Å²) in [5.74, 6) is 1.70. The van der Waals surface area contributed by atoms with Crippen molar-refractivity contribution >= 4 is 55.7 Å². The molecule has 0 radical (unpaired) electrons. The molecule has 1 heterocycles. The Morgan fingerprint density at radius 2 is 0.611 bits per heavy atom. The largest absolute Gasteiger partial charge is 0.457 e. The first-order chi connectivity index (χ1) is 35.7. The van der Waals surface area contributed by atoms with E-state index in [1.165, 1.54) is 43.8 Å². The predicted octanol–water partition coefficient (Wildman–Crippen LogP) is 18.7. The van der Waals surface area contributed by atoms with Gasteiger partial charge in [0, 0.05) is 45.3 Å². The number of benzene rings is 12. The molecule has 3 nitrogen and oxygen atoms in total. The lowest BCUT2D eigenvalue weighted by molar-refractivity contribution is 0.437. The first kappa shape index (κ1) is 41.5. The highest BCUT2D eigenvalue weighted by Gasteiger charge is 2.51. The van der Waals surface area contributed by atoms with Crippen LogP contribution in [0.5, 0.6) is 11.5 Å². The third-order valence-corrected chi connectivity index (χ3v) is 14.8. The minimum absolute atomic E-state index is 0.600. The van der Waals surface area contributed by atoms with Crippen molar-refractivity contribution in [2.24, 2.45) is 0 Å². The van der Waals surface area contributed by atoms with Crippen LogP contribution in [0.1, 0.15) is 22.3 Å². The quantitative estimate of drug-likeness (QED) is 0.151. The fourth-order valence-corrected chi connectivity index (χ4v) is 11.6. The molecule has 0 unspecified atom stereocenters. The first-order valence-corrected chi connectivity index (χ1v) is 24.7. The number of ether oxygens (including phenoxy) is 1. The Morgan fingerprint density at radius 3 is 1.08 bits per heavy atom. The highest BCUT2D eigenvalue weighted by molar-refractivity contribution is 5.93. The zero-order chi connectivity index (χ0) is 47.6. The number of fused-ring (bicyclic) bond motifs is 11. The molecule has 3 heteroatoms. The molecule has 1 spiro atoms. The summed E-state index contributed by atoms with van der Waals surface area (Å²) in [5.41, 5.74) is 17.6. The molecule has 0 N–H and O–H groups in total. The summed E-state index contributed by atoms with van der Waals surface area (Å²) in [7, 11) is 0. The lowest BCUT2D eigenvalue weighted by atomic mass is 9.65. The second-order valence-corrected chi connectivity index (χ2v) is 18.9. The van der Waals surface area contributed by atoms with Crippen molar-refractivity contribution in [1.82, 2.24) is 0 Å². The fraction of sp³-hybridized carbons (Fsp3) is 0.0145. The molecule has 0 bridgehead atoms. The van der Waals surface area contributed by atoms with E-state index in [9.17, 15) is 0 Å². The van der Waals surface area contributed by atoms with Crippen molar-refractivity contribution in [2.75, 3.05) is 9.80 Å². The molecule has 2 aliphatic rings. The zero-order valence-corrected chi connectivity index (χ0v) is 39.4. The van der Waals surface area contributed by atoms with Crippen LogP contribution in [0, 0.1) is 0 Å². The molecule has 1 aliphatic carbocycles. The van der Waals surface area contributed by atoms with Crippen LogP contribution in [0.2, 0.25) is 0 Å². The zero-order valence-electron chi connectivity index (χ0n) is 39.4. The number of hydrogen-bond donors (Lipinski definition) is 0. The third kappa shape index (κ3) is 6.74. The summed E-state index contributed by atoms with van der Waals surface area (Å²) >= 11 is 0. The molecule has 12 aromatic carbocycles. The maximum atomic E-state index is 7.31. The van der Waals surface area contributed by atoms with Gasteiger partial charge in [0.15, 0.2) is 0 Å². The van der Waals surface area contributed by atoms with E-state index >= 15 is 0 Å². The van der Waals surface area contributed by atoms with Crippen LogP contribution in [0.15, 0.2) is 279 Å². The Labute approximate surface area is 419 Å². The predicted molar refractivity (Wildman–Crippen MR) is 299 cm³/mol. The molecule has 338 valence electrons. The maximum Gasteiger partial charge on any atom is 0.132 e. The molecule has 0 aromatic heterocycles. The van der Waals surface area contributed by atoms with E-state index in [0.717, 1.165) is 79.0 Å². The van der Waals surface area contributed by atoms with E-state index in [-0.39, 0.29) is 0 Å². The van der Waals surface area contributed by atoms with Crippen LogP contribution in [0.25, 0.3) is 54.9 Å². The topological polar surface area (TPSA) is 15.7 Å². The maximum absolute atomic E-state index is 7.31. The lowest BCUT2D eigenvalue weighted by Gasteiger charge is -2.39. The molecule has 0 atom stereocenters. The second-order valence-electron chi connectivity index (χ2n) is 18.9. The van der Waals surface area contributed by atoms with Gasteiger partial charge in [-0.3, -0.25) is 0 Å². The monoisotopic (exact) mass is 918 g/mol. The molecular weight excluding hydrogens is 873 g/mol. The Bertz CT molecular complexity index is 3780. The third-order valence-electron chi connectivity index (χ3n) is 14.8. The summed E-state index contributed by atoms with van der Waals surface area (Å²) < 4.78 is 7.31. The number of anilines is 6. The van der Waals surface area contributed by atoms with Crippen molar-refractivity contribution in [1.29, 1.82) is 0 Å². The van der Waals surface area contributed by atoms with Crippen LogP contribution < -0.4 is 14.5 Å². The molecular formula is C69H46N2O. The van der Waals surface area contributed by atoms with Crippen molar-refractivity contribution in [2.45, 2.75) is 5.41 Å². The molecule has 0 fully saturated rings. The molecule has 12 aromatic rings. The fourth-order valence-electron chi connectivity index (χ4n) is 11.6. The van der Waals surface area contributed by atoms with Gasteiger partial charge in [0.1, 0.15) is 11.5 Å². The summed E-state index contributed by atoms with van der Waals surface area (Å²) in [4.78, 5) is 4.69. The van der Waals surface area contributed by atoms with Crippen molar-refractivity contribution in [3.05, 3.63) is 301 Å². The van der Waals surface area contributed by atoms with Crippen LogP contribution >= 0.6 is 0 Å². The second kappa shape index (κ2) is 16.9. The summed E-state index contributed by atoms with van der Waals surface area (Å²) in [6.07, 6.45) is 0. The van der Waals surface area contributed by atoms with Crippen LogP contribution in [0.4, 0.5) is 34.1 Å². The van der Waals surface area contributed by atoms with Crippen molar-refractivity contribution in [3.8, 4) is 44.9 Å². The van der Waals surface area contributed by atoms with Gasteiger partial charge in [-0.15, -0.1) is 0 Å². The number of hydrogen-bond acceptors (Lipinski definition) is 3. The minimum atomic E-state index is -0.600. The highest BCUT2D eigenvalue weighted by atomic mass is 16.5. The Hall–Kier alpha value is -9.44. The number of para-hydroxylation sites is 2. The van der Waals surface area contributed by atoms with Gasteiger partial charge in [-0.2, -0.15) is 0 Å². The van der Waals surface area contributed by atoms with Gasteiger partial charge in [0.25, 0.3) is 0 Å². The molecule has 0 saturated heterocycles. The normalized spacial score (nSPS) is 12.7. The SMILES string of the molecule is c1ccc(N(c2cccc(-c3ccc4c(c3)Oc3cc(-c5cccc(N(c6ccccc6)c6ccc7ccccc7c6)c5)ccc3C43c4ccccc4-c4ccccc43)c2)c2ccc3ccccc3c2)cc1. The van der Waals surface area contributed by atoms with Gasteiger partial charge in [-0.25, -0.2) is 0 Å².